The second-order valence-electron chi connectivity index (χ2n) is 7.03. The van der Waals surface area contributed by atoms with Gasteiger partial charge in [0.25, 0.3) is 20.2 Å². The molecule has 0 amide bonds. The third kappa shape index (κ3) is 9.11. The van der Waals surface area contributed by atoms with Gasteiger partial charge >= 0.3 is 0 Å². The van der Waals surface area contributed by atoms with Crippen LogP contribution in [0.3, 0.4) is 0 Å². The van der Waals surface area contributed by atoms with Gasteiger partial charge in [0.15, 0.2) is 0 Å². The highest BCUT2D eigenvalue weighted by Crippen LogP contribution is 2.32. The molecule has 1 unspecified atom stereocenters. The third-order valence-electron chi connectivity index (χ3n) is 4.15. The zero-order valence-corrected chi connectivity index (χ0v) is 18.8. The first-order valence-corrected chi connectivity index (χ1v) is 12.4. The van der Waals surface area contributed by atoms with Crippen molar-refractivity contribution in [3.05, 3.63) is 70.8 Å². The Labute approximate surface area is 187 Å². The summed E-state index contributed by atoms with van der Waals surface area (Å²) in [5.41, 5.74) is 12.2. The van der Waals surface area contributed by atoms with Crippen molar-refractivity contribution in [2.45, 2.75) is 24.9 Å². The number of hydrogen-bond donors (Lipinski definition) is 4. The lowest BCUT2D eigenvalue weighted by atomic mass is 9.81. The molecule has 0 radical (unpaired) electrons. The number of hydrogen-bond acceptors (Lipinski definition) is 8. The second kappa shape index (κ2) is 11.2. The van der Waals surface area contributed by atoms with Crippen LogP contribution in [-0.4, -0.2) is 43.1 Å². The summed E-state index contributed by atoms with van der Waals surface area (Å²) in [4.78, 5) is 0. The molecule has 0 saturated heterocycles. The van der Waals surface area contributed by atoms with Crippen LogP contribution in [0.4, 0.5) is 0 Å². The highest BCUT2D eigenvalue weighted by Gasteiger charge is 2.37. The minimum absolute atomic E-state index is 0.132. The Morgan fingerprint density at radius 3 is 1.88 bits per heavy atom. The van der Waals surface area contributed by atoms with Gasteiger partial charge < -0.3 is 11.5 Å². The van der Waals surface area contributed by atoms with Crippen molar-refractivity contribution >= 4 is 20.2 Å². The van der Waals surface area contributed by atoms with Gasteiger partial charge in [-0.05, 0) is 41.8 Å². The number of nitrogens with two attached hydrogens (primary N) is 2. The van der Waals surface area contributed by atoms with E-state index in [1.54, 1.807) is 55.5 Å². The minimum atomic E-state index is -4.44. The van der Waals surface area contributed by atoms with E-state index in [0.717, 1.165) is 0 Å². The summed E-state index contributed by atoms with van der Waals surface area (Å²) < 4.78 is 59.4. The van der Waals surface area contributed by atoms with Gasteiger partial charge in [-0.2, -0.15) is 27.4 Å². The number of benzene rings is 2. The zero-order valence-electron chi connectivity index (χ0n) is 17.2. The fourth-order valence-corrected chi connectivity index (χ4v) is 4.32. The van der Waals surface area contributed by atoms with Crippen LogP contribution >= 0.6 is 0 Å². The molecule has 0 aromatic heterocycles. The van der Waals surface area contributed by atoms with Crippen molar-refractivity contribution in [3.63, 3.8) is 0 Å². The highest BCUT2D eigenvalue weighted by atomic mass is 32.2. The molecule has 0 aliphatic carbocycles. The van der Waals surface area contributed by atoms with E-state index in [9.17, 15) is 21.4 Å². The van der Waals surface area contributed by atoms with Crippen molar-refractivity contribution in [2.24, 2.45) is 11.5 Å². The molecular weight excluding hydrogens is 456 g/mol. The van der Waals surface area contributed by atoms with Gasteiger partial charge in [-0.3, -0.25) is 9.11 Å². The van der Waals surface area contributed by atoms with Crippen LogP contribution in [0.25, 0.3) is 0 Å². The van der Waals surface area contributed by atoms with Gasteiger partial charge in [0, 0.05) is 5.92 Å². The topological polar surface area (TPSA) is 208 Å². The van der Waals surface area contributed by atoms with Gasteiger partial charge in [0.05, 0.1) is 34.7 Å². The fourth-order valence-electron chi connectivity index (χ4n) is 3.01. The molecule has 0 aliphatic rings. The Morgan fingerprint density at radius 2 is 1.47 bits per heavy atom. The number of nitrogens with zero attached hydrogens (tertiary/aromatic N) is 2. The summed E-state index contributed by atoms with van der Waals surface area (Å²) >= 11 is 0. The second-order valence-corrected chi connectivity index (χ2v) is 10.1. The van der Waals surface area contributed by atoms with E-state index >= 15 is 0 Å². The van der Waals surface area contributed by atoms with E-state index in [2.05, 4.69) is 0 Å². The Kier molecular flexibility index (Phi) is 9.48. The Morgan fingerprint density at radius 1 is 0.906 bits per heavy atom. The van der Waals surface area contributed by atoms with E-state index in [1.807, 2.05) is 12.1 Å². The van der Waals surface area contributed by atoms with Crippen LogP contribution in [0.1, 0.15) is 41.5 Å². The van der Waals surface area contributed by atoms with E-state index in [1.165, 1.54) is 0 Å². The van der Waals surface area contributed by atoms with Crippen molar-refractivity contribution in [1.82, 2.24) is 0 Å². The molecule has 32 heavy (non-hydrogen) atoms. The molecule has 0 heterocycles. The van der Waals surface area contributed by atoms with E-state index in [4.69, 9.17) is 26.5 Å². The molecule has 2 aromatic rings. The monoisotopic (exact) mass is 480 g/mol. The zero-order chi connectivity index (χ0) is 24.6. The molecule has 0 spiro atoms. The molecule has 0 fully saturated rings. The lowest BCUT2D eigenvalue weighted by Gasteiger charge is -2.34. The molecule has 12 heteroatoms. The van der Waals surface area contributed by atoms with E-state index < -0.39 is 37.6 Å². The first-order valence-electron chi connectivity index (χ1n) is 9.20. The molecule has 1 atom stereocenters. The molecular formula is C20H24N4O6S2. The molecule has 0 aliphatic heterocycles. The van der Waals surface area contributed by atoms with Gasteiger partial charge in [-0.25, -0.2) is 0 Å². The Hall–Kier alpha value is -2.84. The molecule has 6 N–H and O–H groups in total. The average Bonchev–Trinajstić information content (AvgIpc) is 2.66. The fraction of sp³-hybridized carbons (Fsp3) is 0.300. The van der Waals surface area contributed by atoms with Gasteiger partial charge in [-0.1, -0.05) is 31.2 Å². The third-order valence-corrected chi connectivity index (χ3v) is 5.94. The maximum Gasteiger partial charge on any atom is 0.268 e. The normalized spacial score (nSPS) is 12.6. The largest absolute Gasteiger partial charge is 0.312 e. The van der Waals surface area contributed by atoms with Crippen LogP contribution in [0.5, 0.6) is 0 Å². The van der Waals surface area contributed by atoms with Crippen molar-refractivity contribution in [3.8, 4) is 12.1 Å². The predicted octanol–water partition coefficient (Wildman–Crippen LogP) is 1.35. The van der Waals surface area contributed by atoms with E-state index in [0.29, 0.717) is 28.7 Å². The van der Waals surface area contributed by atoms with Gasteiger partial charge in [0.2, 0.25) is 0 Å². The number of rotatable bonds is 7. The van der Waals surface area contributed by atoms with Crippen LogP contribution in [0.2, 0.25) is 0 Å². The van der Waals surface area contributed by atoms with Crippen LogP contribution < -0.4 is 11.5 Å². The Balaban J connectivity index is 0.000000633. The standard InChI is InChI=1S/C17H16N4O3S.C3H8O3S/c18-9-12-4-6-14(7-5-12)16(17(20,21)11-25(22,23)24)15-3-1-2-13(8-15)10-19;1-2-3-7(4,5)6/h1-8,16H,11,20-21H2,(H,22,23,24);2-3H2,1H3,(H,4,5,6). The highest BCUT2D eigenvalue weighted by molar-refractivity contribution is 7.86. The van der Waals surface area contributed by atoms with E-state index in [-0.39, 0.29) is 5.75 Å². The summed E-state index contributed by atoms with van der Waals surface area (Å²) in [6.07, 6.45) is 0.471. The van der Waals surface area contributed by atoms with Crippen molar-refractivity contribution in [1.29, 1.82) is 10.5 Å². The summed E-state index contributed by atoms with van der Waals surface area (Å²) in [5, 5.41) is 18.0. The Bertz CT molecular complexity index is 1210. The van der Waals surface area contributed by atoms with Crippen LogP contribution in [0.15, 0.2) is 48.5 Å². The summed E-state index contributed by atoms with van der Waals surface area (Å²) in [6.45, 7) is 1.69. The molecule has 10 nitrogen and oxygen atoms in total. The lowest BCUT2D eigenvalue weighted by molar-refractivity contribution is 0.405. The van der Waals surface area contributed by atoms with Crippen LogP contribution in [-0.2, 0) is 20.2 Å². The van der Waals surface area contributed by atoms with Crippen molar-refractivity contribution < 1.29 is 25.9 Å². The molecule has 0 bridgehead atoms. The maximum atomic E-state index is 11.3. The number of nitriles is 2. The summed E-state index contributed by atoms with van der Waals surface area (Å²) in [7, 11) is -8.11. The minimum Gasteiger partial charge on any atom is -0.312 e. The van der Waals surface area contributed by atoms with Gasteiger partial charge in [0.1, 0.15) is 5.75 Å². The molecule has 172 valence electrons. The molecule has 0 saturated carbocycles. The molecule has 2 aromatic carbocycles. The average molecular weight is 481 g/mol. The first-order chi connectivity index (χ1) is 14.7. The maximum absolute atomic E-state index is 11.3. The summed E-state index contributed by atoms with van der Waals surface area (Å²) in [5.74, 6) is -1.83. The smallest absolute Gasteiger partial charge is 0.268 e. The predicted molar refractivity (Wildman–Crippen MR) is 118 cm³/mol. The van der Waals surface area contributed by atoms with Gasteiger partial charge in [-0.15, -0.1) is 0 Å². The lowest BCUT2D eigenvalue weighted by Crippen LogP contribution is -2.59. The van der Waals surface area contributed by atoms with Crippen molar-refractivity contribution in [2.75, 3.05) is 11.5 Å². The first kappa shape index (κ1) is 27.2. The SMILES string of the molecule is CCCS(=O)(=O)O.N#Cc1ccc(C(c2cccc(C#N)c2)C(N)(N)CS(=O)(=O)O)cc1. The quantitative estimate of drug-likeness (QED) is 0.330. The van der Waals surface area contributed by atoms with Crippen LogP contribution in [0, 0.1) is 22.7 Å². The molecule has 2 rings (SSSR count). The summed E-state index contributed by atoms with van der Waals surface area (Å²) in [6, 6.07) is 16.8.